The molecule has 3 fully saturated rings. The van der Waals surface area contributed by atoms with Gasteiger partial charge in [-0.1, -0.05) is 12.1 Å². The zero-order valence-corrected chi connectivity index (χ0v) is 25.0. The van der Waals surface area contributed by atoms with Gasteiger partial charge >= 0.3 is 0 Å². The number of aryl methyl sites for hydroxylation is 1. The number of carbonyl (C=O) groups is 2. The summed E-state index contributed by atoms with van der Waals surface area (Å²) in [6, 6.07) is 1.84. The van der Waals surface area contributed by atoms with Crippen molar-refractivity contribution < 1.29 is 36.7 Å². The molecule has 3 aromatic rings. The first-order valence-electron chi connectivity index (χ1n) is 14.8. The molecule has 0 spiro atoms. The van der Waals surface area contributed by atoms with Gasteiger partial charge in [0, 0.05) is 24.2 Å². The number of nitrogens with one attached hydrogen (secondary N) is 2. The molecule has 2 aliphatic heterocycles. The summed E-state index contributed by atoms with van der Waals surface area (Å²) in [5, 5.41) is 10.8. The van der Waals surface area contributed by atoms with Crippen molar-refractivity contribution >= 4 is 45.7 Å². The first-order valence-corrected chi connectivity index (χ1v) is 16.6. The summed E-state index contributed by atoms with van der Waals surface area (Å²) in [5.41, 5.74) is 7.55. The van der Waals surface area contributed by atoms with E-state index >= 15 is 0 Å². The Labute approximate surface area is 253 Å². The van der Waals surface area contributed by atoms with E-state index in [4.69, 9.17) is 34.4 Å². The largest absolute Gasteiger partial charge is 0.457 e. The summed E-state index contributed by atoms with van der Waals surface area (Å²) in [6.45, 7) is 2.45. The molecule has 0 radical (unpaired) electrons. The molecule has 0 aromatic carbocycles. The van der Waals surface area contributed by atoms with Crippen molar-refractivity contribution in [2.75, 3.05) is 22.1 Å². The van der Waals surface area contributed by atoms with Gasteiger partial charge in [0.05, 0.1) is 23.5 Å². The topological polar surface area (TPSA) is 216 Å². The molecule has 44 heavy (non-hydrogen) atoms. The quantitative estimate of drug-likeness (QED) is 0.255. The fraction of sp³-hybridized carbons (Fsp3) is 0.630. The van der Waals surface area contributed by atoms with Gasteiger partial charge in [0.25, 0.3) is 12.9 Å². The summed E-state index contributed by atoms with van der Waals surface area (Å²) in [4.78, 5) is 37.3. The number of nitrogens with two attached hydrogens (primary N) is 1. The van der Waals surface area contributed by atoms with Gasteiger partial charge in [-0.25, -0.2) is 13.4 Å². The van der Waals surface area contributed by atoms with E-state index in [1.54, 1.807) is 10.6 Å². The van der Waals surface area contributed by atoms with Crippen LogP contribution in [-0.4, -0.2) is 87.9 Å². The van der Waals surface area contributed by atoms with Crippen LogP contribution in [0.3, 0.4) is 0 Å². The van der Waals surface area contributed by atoms with Crippen molar-refractivity contribution in [1.29, 1.82) is 0 Å². The van der Waals surface area contributed by atoms with E-state index in [0.29, 0.717) is 53.6 Å². The molecule has 3 aliphatic rings. The Morgan fingerprint density at radius 1 is 1.02 bits per heavy atom. The van der Waals surface area contributed by atoms with E-state index in [0.717, 1.165) is 25.7 Å². The number of fused-ring (bicyclic) bond motifs is 1. The van der Waals surface area contributed by atoms with Crippen LogP contribution < -0.4 is 16.4 Å². The van der Waals surface area contributed by atoms with Crippen LogP contribution in [-0.2, 0) is 40.1 Å². The molecule has 4 N–H and O–H groups in total. The summed E-state index contributed by atoms with van der Waals surface area (Å²) < 4.78 is 48.3. The van der Waals surface area contributed by atoms with Crippen LogP contribution in [0.2, 0.25) is 0 Å². The second kappa shape index (κ2) is 12.6. The number of sulfone groups is 1. The number of hydrogen-bond acceptors (Lipinski definition) is 15. The van der Waals surface area contributed by atoms with Crippen molar-refractivity contribution in [3.05, 3.63) is 23.8 Å². The minimum Gasteiger partial charge on any atom is -0.457 e. The molecule has 1 saturated carbocycles. The summed E-state index contributed by atoms with van der Waals surface area (Å²) in [6.07, 6.45) is 2.35. The predicted molar refractivity (Wildman–Crippen MR) is 155 cm³/mol. The maximum atomic E-state index is 12.0. The molecule has 16 nitrogen and oxygen atoms in total. The molecule has 1 aliphatic carbocycles. The van der Waals surface area contributed by atoms with Crippen LogP contribution >= 0.6 is 0 Å². The predicted octanol–water partition coefficient (Wildman–Crippen LogP) is 1.40. The van der Waals surface area contributed by atoms with E-state index in [-0.39, 0.29) is 42.6 Å². The maximum Gasteiger partial charge on any atom is 0.293 e. The summed E-state index contributed by atoms with van der Waals surface area (Å²) in [5.74, 6) is 1.25. The third kappa shape index (κ3) is 6.21. The summed E-state index contributed by atoms with van der Waals surface area (Å²) >= 11 is 0. The molecule has 17 heteroatoms. The molecule has 5 heterocycles. The Bertz CT molecular complexity index is 1570. The lowest BCUT2D eigenvalue weighted by Gasteiger charge is -2.27. The van der Waals surface area contributed by atoms with Gasteiger partial charge in [-0.15, -0.1) is 0 Å². The van der Waals surface area contributed by atoms with Crippen molar-refractivity contribution in [3.63, 3.8) is 0 Å². The number of carbonyl (C=O) groups excluding carboxylic acids is 2. The Morgan fingerprint density at radius 2 is 1.73 bits per heavy atom. The Morgan fingerprint density at radius 3 is 2.41 bits per heavy atom. The Balaban J connectivity index is 1.38. The first kappa shape index (κ1) is 30.2. The van der Waals surface area contributed by atoms with Crippen LogP contribution in [0.25, 0.3) is 11.2 Å². The third-order valence-corrected chi connectivity index (χ3v) is 10.2. The maximum absolute atomic E-state index is 12.0. The SMILES string of the molecule is CCc1cc([C@H]2O[C@@H](n3cnc4c(NC5CCS(=O)(=O)CC5)nc(NC5CCC(N)CC5)nc43)[C@H](OC=O)[C@H]2OC=O)on1. The number of aromatic nitrogens is 5. The highest BCUT2D eigenvalue weighted by molar-refractivity contribution is 7.91. The number of anilines is 2. The van der Waals surface area contributed by atoms with Gasteiger partial charge in [0.15, 0.2) is 47.3 Å². The molecule has 2 saturated heterocycles. The molecule has 0 bridgehead atoms. The number of rotatable bonds is 11. The Hall–Kier alpha value is -3.83. The normalized spacial score (nSPS) is 28.9. The highest BCUT2D eigenvalue weighted by atomic mass is 32.2. The van der Waals surface area contributed by atoms with Crippen LogP contribution in [0.5, 0.6) is 0 Å². The van der Waals surface area contributed by atoms with Crippen molar-refractivity contribution in [2.45, 2.75) is 94.5 Å². The average molecular weight is 633 g/mol. The van der Waals surface area contributed by atoms with E-state index in [2.05, 4.69) is 20.8 Å². The molecule has 4 atom stereocenters. The minimum atomic E-state index is -3.06. The van der Waals surface area contributed by atoms with Gasteiger partial charge in [0.2, 0.25) is 5.95 Å². The van der Waals surface area contributed by atoms with E-state index in [9.17, 15) is 18.0 Å². The molecule has 3 aromatic heterocycles. The molecular weight excluding hydrogens is 596 g/mol. The second-order valence-corrected chi connectivity index (χ2v) is 13.8. The molecule has 6 rings (SSSR count). The van der Waals surface area contributed by atoms with Crippen molar-refractivity contribution in [3.8, 4) is 0 Å². The second-order valence-electron chi connectivity index (χ2n) is 11.5. The zero-order valence-electron chi connectivity index (χ0n) is 24.2. The van der Waals surface area contributed by atoms with Gasteiger partial charge in [-0.3, -0.25) is 14.2 Å². The summed E-state index contributed by atoms with van der Waals surface area (Å²) in [7, 11) is -3.06. The van der Waals surface area contributed by atoms with Crippen molar-refractivity contribution in [1.82, 2.24) is 24.7 Å². The van der Waals surface area contributed by atoms with Crippen LogP contribution in [0.1, 0.15) is 69.2 Å². The molecule has 0 unspecified atom stereocenters. The fourth-order valence-corrected chi connectivity index (χ4v) is 7.58. The third-order valence-electron chi connectivity index (χ3n) is 8.53. The Kier molecular flexibility index (Phi) is 8.68. The number of hydrogen-bond donors (Lipinski definition) is 3. The van der Waals surface area contributed by atoms with E-state index in [1.807, 2.05) is 6.92 Å². The molecular formula is C27H36N8O8S. The molecule has 238 valence electrons. The molecule has 0 amide bonds. The monoisotopic (exact) mass is 632 g/mol. The van der Waals surface area contributed by atoms with E-state index in [1.165, 1.54) is 6.33 Å². The van der Waals surface area contributed by atoms with Gasteiger partial charge < -0.3 is 35.1 Å². The lowest BCUT2D eigenvalue weighted by atomic mass is 9.92. The van der Waals surface area contributed by atoms with Crippen molar-refractivity contribution in [2.24, 2.45) is 5.73 Å². The fourth-order valence-electron chi connectivity index (χ4n) is 6.08. The zero-order chi connectivity index (χ0) is 30.8. The number of ether oxygens (including phenoxy) is 3. The van der Waals surface area contributed by atoms with Crippen LogP contribution in [0, 0.1) is 0 Å². The highest BCUT2D eigenvalue weighted by Gasteiger charge is 2.52. The highest BCUT2D eigenvalue weighted by Crippen LogP contribution is 2.43. The van der Waals surface area contributed by atoms with Gasteiger partial charge in [-0.05, 0) is 44.9 Å². The van der Waals surface area contributed by atoms with E-state index < -0.39 is 34.4 Å². The lowest BCUT2D eigenvalue weighted by Crippen LogP contribution is -2.34. The van der Waals surface area contributed by atoms with Crippen LogP contribution in [0.15, 0.2) is 16.9 Å². The average Bonchev–Trinajstić information content (AvgIpc) is 3.74. The minimum absolute atomic E-state index is 0.0856. The first-order chi connectivity index (χ1) is 21.3. The van der Waals surface area contributed by atoms with Gasteiger partial charge in [0.1, 0.15) is 9.84 Å². The number of imidazole rings is 1. The smallest absolute Gasteiger partial charge is 0.293 e. The van der Waals surface area contributed by atoms with Gasteiger partial charge in [-0.2, -0.15) is 9.97 Å². The lowest BCUT2D eigenvalue weighted by molar-refractivity contribution is -0.151. The standard InChI is InChI=1S/C27H36N8O8S/c1-2-16-11-19(43-34-16)21-22(40-13-36)23(41-14-37)26(42-21)35-12-29-20-24(30-18-7-9-44(38,39)10-8-18)32-27(33-25(20)35)31-17-5-3-15(28)4-6-17/h11-15,17-18,21-23,26H,2-10,28H2,1H3,(H2,30,31,32,33)/t15?,17?,21-,22+,23-,26-/m1/s1. The van der Waals surface area contributed by atoms with Crippen LogP contribution in [0.4, 0.5) is 11.8 Å². The number of nitrogens with zero attached hydrogens (tertiary/aromatic N) is 5.